The van der Waals surface area contributed by atoms with Crippen LogP contribution in [0, 0.1) is 0 Å². The van der Waals surface area contributed by atoms with Crippen LogP contribution in [-0.4, -0.2) is 82.6 Å². The largest absolute Gasteiger partial charge is 0.459 e. The Labute approximate surface area is 523 Å². The second kappa shape index (κ2) is 27.8. The van der Waals surface area contributed by atoms with Crippen LogP contribution >= 0.6 is 0 Å². The van der Waals surface area contributed by atoms with Gasteiger partial charge in [0.2, 0.25) is 0 Å². The molecule has 8 aromatic carbocycles. The first-order chi connectivity index (χ1) is 43.0. The molecular weight excluding hydrogens is 1130 g/mol. The predicted octanol–water partition coefficient (Wildman–Crippen LogP) is 15.2. The molecule has 9 aromatic rings. The highest BCUT2D eigenvalue weighted by Crippen LogP contribution is 2.34. The summed E-state index contributed by atoms with van der Waals surface area (Å²) < 4.78 is 21.2. The number of carbonyl (C=O) groups is 6. The van der Waals surface area contributed by atoms with E-state index in [0.717, 1.165) is 50.1 Å². The average molecular weight is 1200 g/mol. The molecule has 0 unspecified atom stereocenters. The zero-order valence-corrected chi connectivity index (χ0v) is 51.6. The van der Waals surface area contributed by atoms with E-state index in [2.05, 4.69) is 105 Å². The number of aromatic nitrogens is 3. The zero-order valence-electron chi connectivity index (χ0n) is 51.6. The third kappa shape index (κ3) is 16.2. The monoisotopic (exact) mass is 1200 g/mol. The number of nitrogens with one attached hydrogen (secondary N) is 2. The standard InChI is InChI=1S/C75H69N5O10/c1-46(2)70(83)87-37-39-89-72(85)62-36-30-54(55-29-35-61(69(82)80-75(8,9)10)64(45-55)73(86)90-40-38-88-71(84)47(3)4)44-63(62)68(81)76-60-33-27-50(28-34-60)53-21-16-24-58(43-53)67-78-65(56-22-14-19-51(41-56)48-17-12-11-13-18-48)77-66(79-67)57-23-15-20-52(42-57)49-25-31-59(32-26-49)74(5,6)7/h11-36,41-45H,1,3,37-40H2,2,4-10H3,(H,76,81)(H,80,82). The fraction of sp³-hybridized carbons (Fsp3) is 0.187. The summed E-state index contributed by atoms with van der Waals surface area (Å²) in [6.45, 7) is 20.9. The highest BCUT2D eigenvalue weighted by molar-refractivity contribution is 6.12. The SMILES string of the molecule is C=C(C)C(=O)OCCOC(=O)c1ccc(-c2ccc(C(=O)NC(C)(C)C)c(C(=O)OCCOC(=O)C(=C)C)c2)cc1C(=O)Nc1ccc(-c2cccc(-c3nc(-c4cccc(-c5ccccc5)c4)nc(-c4cccc(-c5ccc(C(C)(C)C)cc5)c4)n3)c2)cc1. The minimum atomic E-state index is -0.882. The van der Waals surface area contributed by atoms with E-state index < -0.39 is 41.2 Å². The number of hydrogen-bond donors (Lipinski definition) is 2. The minimum Gasteiger partial charge on any atom is -0.459 e. The maximum absolute atomic E-state index is 14.6. The van der Waals surface area contributed by atoms with E-state index in [4.69, 9.17) is 33.9 Å². The smallest absolute Gasteiger partial charge is 0.339 e. The van der Waals surface area contributed by atoms with Crippen molar-refractivity contribution in [3.63, 3.8) is 0 Å². The Morgan fingerprint density at radius 3 is 1.19 bits per heavy atom. The molecule has 1 heterocycles. The van der Waals surface area contributed by atoms with E-state index in [9.17, 15) is 28.8 Å². The molecule has 0 fully saturated rings. The predicted molar refractivity (Wildman–Crippen MR) is 350 cm³/mol. The zero-order chi connectivity index (χ0) is 64.3. The second-order valence-corrected chi connectivity index (χ2v) is 23.6. The summed E-state index contributed by atoms with van der Waals surface area (Å²) in [5.41, 5.74) is 9.96. The van der Waals surface area contributed by atoms with Crippen LogP contribution in [0.25, 0.3) is 78.7 Å². The van der Waals surface area contributed by atoms with E-state index in [-0.39, 0.29) is 65.2 Å². The molecule has 2 N–H and O–H groups in total. The molecule has 15 heteroatoms. The summed E-state index contributed by atoms with van der Waals surface area (Å²) in [5.74, 6) is -2.84. The van der Waals surface area contributed by atoms with Crippen LogP contribution in [0.1, 0.15) is 102 Å². The van der Waals surface area contributed by atoms with Gasteiger partial charge in [0.1, 0.15) is 26.4 Å². The van der Waals surface area contributed by atoms with Crippen LogP contribution < -0.4 is 10.6 Å². The number of nitrogens with zero attached hydrogens (tertiary/aromatic N) is 3. The molecule has 0 saturated heterocycles. The number of amides is 2. The molecule has 0 aliphatic carbocycles. The van der Waals surface area contributed by atoms with Gasteiger partial charge in [0.25, 0.3) is 11.8 Å². The lowest BCUT2D eigenvalue weighted by Crippen LogP contribution is -2.41. The van der Waals surface area contributed by atoms with Crippen molar-refractivity contribution in [1.82, 2.24) is 20.3 Å². The first-order valence-corrected chi connectivity index (χ1v) is 29.2. The number of ether oxygens (including phenoxy) is 4. The molecule has 0 atom stereocenters. The number of hydrogen-bond acceptors (Lipinski definition) is 13. The van der Waals surface area contributed by atoms with Crippen molar-refractivity contribution in [3.05, 3.63) is 240 Å². The molecule has 9 rings (SSSR count). The van der Waals surface area contributed by atoms with Crippen molar-refractivity contribution >= 4 is 41.4 Å². The summed E-state index contributed by atoms with van der Waals surface area (Å²) >= 11 is 0. The number of benzene rings is 8. The Balaban J connectivity index is 1.02. The van der Waals surface area contributed by atoms with Crippen molar-refractivity contribution in [2.75, 3.05) is 31.7 Å². The molecule has 0 saturated carbocycles. The number of esters is 4. The fourth-order valence-corrected chi connectivity index (χ4v) is 9.54. The topological polar surface area (TPSA) is 202 Å². The molecule has 2 amide bonds. The molecule has 0 aliphatic rings. The highest BCUT2D eigenvalue weighted by atomic mass is 16.6. The molecule has 1 aromatic heterocycles. The molecule has 454 valence electrons. The lowest BCUT2D eigenvalue weighted by Gasteiger charge is -2.21. The van der Waals surface area contributed by atoms with Crippen LogP contribution in [0.5, 0.6) is 0 Å². The normalized spacial score (nSPS) is 11.2. The summed E-state index contributed by atoms with van der Waals surface area (Å²) in [7, 11) is 0. The quantitative estimate of drug-likeness (QED) is 0.0316. The van der Waals surface area contributed by atoms with Gasteiger partial charge < -0.3 is 29.6 Å². The molecule has 0 aliphatic heterocycles. The molecule has 0 spiro atoms. The van der Waals surface area contributed by atoms with Gasteiger partial charge in [-0.25, -0.2) is 34.1 Å². The summed E-state index contributed by atoms with van der Waals surface area (Å²) in [6.07, 6.45) is 0. The molecular formula is C75H69N5O10. The van der Waals surface area contributed by atoms with Gasteiger partial charge in [-0.2, -0.15) is 0 Å². The Bertz CT molecular complexity index is 4220. The van der Waals surface area contributed by atoms with E-state index in [0.29, 0.717) is 34.3 Å². The van der Waals surface area contributed by atoms with E-state index in [1.54, 1.807) is 45.0 Å². The third-order valence-electron chi connectivity index (χ3n) is 14.3. The molecule has 15 nitrogen and oxygen atoms in total. The van der Waals surface area contributed by atoms with Crippen LogP contribution in [0.15, 0.2) is 212 Å². The molecule has 0 radical (unpaired) electrons. The lowest BCUT2D eigenvalue weighted by atomic mass is 9.86. The van der Waals surface area contributed by atoms with Gasteiger partial charge in [-0.05, 0) is 145 Å². The second-order valence-electron chi connectivity index (χ2n) is 23.6. The number of carbonyl (C=O) groups excluding carboxylic acids is 6. The Kier molecular flexibility index (Phi) is 19.7. The van der Waals surface area contributed by atoms with Gasteiger partial charge in [0.15, 0.2) is 17.5 Å². The Hall–Kier alpha value is -10.9. The van der Waals surface area contributed by atoms with Crippen LogP contribution in [0.4, 0.5) is 5.69 Å². The summed E-state index contributed by atoms with van der Waals surface area (Å²) in [4.78, 5) is 95.1. The van der Waals surface area contributed by atoms with Crippen molar-refractivity contribution < 1.29 is 47.7 Å². The third-order valence-corrected chi connectivity index (χ3v) is 14.3. The summed E-state index contributed by atoms with van der Waals surface area (Å²) in [5, 5.41) is 5.79. The Morgan fingerprint density at radius 1 is 0.378 bits per heavy atom. The van der Waals surface area contributed by atoms with Gasteiger partial charge in [-0.1, -0.05) is 167 Å². The first-order valence-electron chi connectivity index (χ1n) is 29.2. The van der Waals surface area contributed by atoms with Crippen molar-refractivity contribution in [3.8, 4) is 78.7 Å². The number of anilines is 1. The van der Waals surface area contributed by atoms with Gasteiger partial charge in [0.05, 0.1) is 22.3 Å². The van der Waals surface area contributed by atoms with Crippen molar-refractivity contribution in [1.29, 1.82) is 0 Å². The van der Waals surface area contributed by atoms with E-state index in [1.165, 1.54) is 43.7 Å². The minimum absolute atomic E-state index is 0.00350. The first kappa shape index (κ1) is 63.6. The van der Waals surface area contributed by atoms with Crippen LogP contribution in [-0.2, 0) is 34.0 Å². The van der Waals surface area contributed by atoms with E-state index >= 15 is 0 Å². The average Bonchev–Trinajstić information content (AvgIpc) is 1.02. The molecule has 90 heavy (non-hydrogen) atoms. The summed E-state index contributed by atoms with van der Waals surface area (Å²) in [6, 6.07) is 59.1. The van der Waals surface area contributed by atoms with Crippen molar-refractivity contribution in [2.45, 2.75) is 66.3 Å². The fourth-order valence-electron chi connectivity index (χ4n) is 9.54. The van der Waals surface area contributed by atoms with Gasteiger partial charge in [-0.3, -0.25) is 9.59 Å². The van der Waals surface area contributed by atoms with Crippen LogP contribution in [0.3, 0.4) is 0 Å². The van der Waals surface area contributed by atoms with Gasteiger partial charge in [-0.15, -0.1) is 0 Å². The number of rotatable bonds is 20. The Morgan fingerprint density at radius 2 is 0.744 bits per heavy atom. The maximum atomic E-state index is 14.6. The van der Waals surface area contributed by atoms with Gasteiger partial charge in [0, 0.05) is 39.1 Å². The lowest BCUT2D eigenvalue weighted by molar-refractivity contribution is -0.140. The van der Waals surface area contributed by atoms with Crippen molar-refractivity contribution in [2.24, 2.45) is 0 Å². The maximum Gasteiger partial charge on any atom is 0.339 e. The van der Waals surface area contributed by atoms with E-state index in [1.807, 2.05) is 78.9 Å². The molecule has 0 bridgehead atoms. The van der Waals surface area contributed by atoms with Crippen LogP contribution in [0.2, 0.25) is 0 Å². The van der Waals surface area contributed by atoms with Gasteiger partial charge >= 0.3 is 23.9 Å². The highest BCUT2D eigenvalue weighted by Gasteiger charge is 2.26.